The predicted octanol–water partition coefficient (Wildman–Crippen LogP) is 2.76. The molecule has 94 valence electrons. The highest BCUT2D eigenvalue weighted by Gasteiger charge is 2.33. The van der Waals surface area contributed by atoms with E-state index in [1.165, 1.54) is 12.1 Å². The molecule has 1 saturated carbocycles. The van der Waals surface area contributed by atoms with Gasteiger partial charge in [0, 0.05) is 25.3 Å². The average molecular weight is 234 g/mol. The van der Waals surface area contributed by atoms with E-state index in [0.717, 1.165) is 24.1 Å². The summed E-state index contributed by atoms with van der Waals surface area (Å²) < 4.78 is 5.52. The van der Waals surface area contributed by atoms with Crippen LogP contribution in [-0.4, -0.2) is 20.2 Å². The molecule has 1 aliphatic rings. The van der Waals surface area contributed by atoms with Crippen molar-refractivity contribution in [3.63, 3.8) is 0 Å². The Morgan fingerprint density at radius 2 is 2.18 bits per heavy atom. The SMILES string of the molecule is CCOc1cc(N(C)CC2CC2C)ccc1N. The molecule has 0 amide bonds. The molecule has 1 fully saturated rings. The van der Waals surface area contributed by atoms with Gasteiger partial charge in [-0.1, -0.05) is 6.92 Å². The van der Waals surface area contributed by atoms with Crippen molar-refractivity contribution < 1.29 is 4.74 Å². The highest BCUT2D eigenvalue weighted by molar-refractivity contribution is 5.62. The summed E-state index contributed by atoms with van der Waals surface area (Å²) in [6.45, 7) is 6.06. The monoisotopic (exact) mass is 234 g/mol. The van der Waals surface area contributed by atoms with Crippen LogP contribution in [0.4, 0.5) is 11.4 Å². The summed E-state index contributed by atoms with van der Waals surface area (Å²) in [7, 11) is 2.13. The Morgan fingerprint density at radius 1 is 1.47 bits per heavy atom. The maximum atomic E-state index is 5.87. The first-order valence-corrected chi connectivity index (χ1v) is 6.35. The molecule has 0 heterocycles. The number of ether oxygens (including phenoxy) is 1. The van der Waals surface area contributed by atoms with Gasteiger partial charge in [0.05, 0.1) is 12.3 Å². The molecule has 0 aromatic heterocycles. The van der Waals surface area contributed by atoms with Crippen LogP contribution >= 0.6 is 0 Å². The van der Waals surface area contributed by atoms with Gasteiger partial charge >= 0.3 is 0 Å². The Labute approximate surface area is 104 Å². The molecule has 17 heavy (non-hydrogen) atoms. The van der Waals surface area contributed by atoms with E-state index in [1.807, 2.05) is 19.1 Å². The van der Waals surface area contributed by atoms with Gasteiger partial charge in [-0.15, -0.1) is 0 Å². The van der Waals surface area contributed by atoms with Crippen molar-refractivity contribution >= 4 is 11.4 Å². The molecule has 2 unspecified atom stereocenters. The van der Waals surface area contributed by atoms with E-state index < -0.39 is 0 Å². The van der Waals surface area contributed by atoms with Gasteiger partial charge in [0.15, 0.2) is 0 Å². The van der Waals surface area contributed by atoms with Gasteiger partial charge in [-0.25, -0.2) is 0 Å². The second-order valence-electron chi connectivity index (χ2n) is 5.01. The lowest BCUT2D eigenvalue weighted by Crippen LogP contribution is -2.20. The van der Waals surface area contributed by atoms with Crippen LogP contribution < -0.4 is 15.4 Å². The van der Waals surface area contributed by atoms with E-state index in [9.17, 15) is 0 Å². The molecule has 3 nitrogen and oxygen atoms in total. The minimum atomic E-state index is 0.650. The van der Waals surface area contributed by atoms with E-state index >= 15 is 0 Å². The first-order chi connectivity index (χ1) is 8.11. The standard InChI is InChI=1S/C14H22N2O/c1-4-17-14-8-12(5-6-13(14)15)16(3)9-11-7-10(11)2/h5-6,8,10-11H,4,7,9,15H2,1-3H3. The summed E-state index contributed by atoms with van der Waals surface area (Å²) >= 11 is 0. The number of hydrogen-bond acceptors (Lipinski definition) is 3. The summed E-state index contributed by atoms with van der Waals surface area (Å²) in [6, 6.07) is 6.02. The molecule has 0 bridgehead atoms. The van der Waals surface area contributed by atoms with E-state index in [2.05, 4.69) is 24.9 Å². The summed E-state index contributed by atoms with van der Waals surface area (Å²) in [6.07, 6.45) is 1.36. The zero-order chi connectivity index (χ0) is 12.4. The second-order valence-corrected chi connectivity index (χ2v) is 5.01. The van der Waals surface area contributed by atoms with Crippen LogP contribution in [0.5, 0.6) is 5.75 Å². The first kappa shape index (κ1) is 12.1. The van der Waals surface area contributed by atoms with Crippen LogP contribution in [0.25, 0.3) is 0 Å². The average Bonchev–Trinajstić information content (AvgIpc) is 2.97. The van der Waals surface area contributed by atoms with Crippen molar-refractivity contribution in [1.29, 1.82) is 0 Å². The molecule has 1 aliphatic carbocycles. The fraction of sp³-hybridized carbons (Fsp3) is 0.571. The van der Waals surface area contributed by atoms with E-state index in [-0.39, 0.29) is 0 Å². The summed E-state index contributed by atoms with van der Waals surface area (Å²) in [5, 5.41) is 0. The van der Waals surface area contributed by atoms with Crippen LogP contribution in [0, 0.1) is 11.8 Å². The molecule has 0 saturated heterocycles. The molecule has 0 spiro atoms. The first-order valence-electron chi connectivity index (χ1n) is 6.35. The molecule has 1 aromatic rings. The smallest absolute Gasteiger partial charge is 0.144 e. The lowest BCUT2D eigenvalue weighted by molar-refractivity contribution is 0.342. The van der Waals surface area contributed by atoms with Crippen LogP contribution in [0.2, 0.25) is 0 Å². The maximum Gasteiger partial charge on any atom is 0.144 e. The molecule has 2 rings (SSSR count). The predicted molar refractivity (Wildman–Crippen MR) is 72.6 cm³/mol. The van der Waals surface area contributed by atoms with Crippen molar-refractivity contribution in [3.8, 4) is 5.75 Å². The summed E-state index contributed by atoms with van der Waals surface area (Å²) in [4.78, 5) is 2.29. The zero-order valence-electron chi connectivity index (χ0n) is 10.9. The van der Waals surface area contributed by atoms with E-state index in [4.69, 9.17) is 10.5 Å². The van der Waals surface area contributed by atoms with Crippen LogP contribution in [0.15, 0.2) is 18.2 Å². The second kappa shape index (κ2) is 4.86. The third kappa shape index (κ3) is 2.84. The Kier molecular flexibility index (Phi) is 3.46. The fourth-order valence-corrected chi connectivity index (χ4v) is 2.15. The fourth-order valence-electron chi connectivity index (χ4n) is 2.15. The van der Waals surface area contributed by atoms with Crippen molar-refractivity contribution in [2.45, 2.75) is 20.3 Å². The zero-order valence-corrected chi connectivity index (χ0v) is 10.9. The summed E-state index contributed by atoms with van der Waals surface area (Å²) in [5.74, 6) is 2.53. The highest BCUT2D eigenvalue weighted by Crippen LogP contribution is 2.39. The Bertz CT molecular complexity index is 392. The van der Waals surface area contributed by atoms with Gasteiger partial charge in [0.2, 0.25) is 0 Å². The normalized spacial score (nSPS) is 22.3. The van der Waals surface area contributed by atoms with Crippen LogP contribution in [0.3, 0.4) is 0 Å². The molecular formula is C14H22N2O. The van der Waals surface area contributed by atoms with Gasteiger partial charge in [-0.2, -0.15) is 0 Å². The van der Waals surface area contributed by atoms with Crippen molar-refractivity contribution in [1.82, 2.24) is 0 Å². The number of nitrogens with two attached hydrogens (primary N) is 1. The largest absolute Gasteiger partial charge is 0.492 e. The molecule has 2 atom stereocenters. The number of rotatable bonds is 5. The van der Waals surface area contributed by atoms with Gasteiger partial charge in [0.1, 0.15) is 5.75 Å². The van der Waals surface area contributed by atoms with E-state index in [1.54, 1.807) is 0 Å². The molecule has 1 aromatic carbocycles. The lowest BCUT2D eigenvalue weighted by Gasteiger charge is -2.20. The maximum absolute atomic E-state index is 5.87. The third-order valence-electron chi connectivity index (χ3n) is 3.52. The number of anilines is 2. The van der Waals surface area contributed by atoms with Gasteiger partial charge < -0.3 is 15.4 Å². The minimum absolute atomic E-state index is 0.650. The topological polar surface area (TPSA) is 38.5 Å². The molecule has 3 heteroatoms. The number of nitrogen functional groups attached to an aromatic ring is 1. The number of nitrogens with zero attached hydrogens (tertiary/aromatic N) is 1. The van der Waals surface area contributed by atoms with Crippen molar-refractivity contribution in [2.75, 3.05) is 30.8 Å². The molecule has 0 aliphatic heterocycles. The van der Waals surface area contributed by atoms with Crippen molar-refractivity contribution in [2.24, 2.45) is 11.8 Å². The third-order valence-corrected chi connectivity index (χ3v) is 3.52. The molecular weight excluding hydrogens is 212 g/mol. The Morgan fingerprint density at radius 3 is 2.76 bits per heavy atom. The molecule has 0 radical (unpaired) electrons. The minimum Gasteiger partial charge on any atom is -0.492 e. The Hall–Kier alpha value is -1.38. The quantitative estimate of drug-likeness (QED) is 0.796. The number of benzene rings is 1. The Balaban J connectivity index is 2.06. The van der Waals surface area contributed by atoms with Crippen LogP contribution in [-0.2, 0) is 0 Å². The van der Waals surface area contributed by atoms with Gasteiger partial charge in [-0.05, 0) is 37.3 Å². The lowest BCUT2D eigenvalue weighted by atomic mass is 10.2. The van der Waals surface area contributed by atoms with Gasteiger partial charge in [-0.3, -0.25) is 0 Å². The van der Waals surface area contributed by atoms with Crippen LogP contribution in [0.1, 0.15) is 20.3 Å². The molecule has 2 N–H and O–H groups in total. The number of hydrogen-bond donors (Lipinski definition) is 1. The highest BCUT2D eigenvalue weighted by atomic mass is 16.5. The van der Waals surface area contributed by atoms with E-state index in [0.29, 0.717) is 12.3 Å². The summed E-state index contributed by atoms with van der Waals surface area (Å²) in [5.41, 5.74) is 7.76. The van der Waals surface area contributed by atoms with Gasteiger partial charge in [0.25, 0.3) is 0 Å². The van der Waals surface area contributed by atoms with Crippen molar-refractivity contribution in [3.05, 3.63) is 18.2 Å².